The molecule has 0 radical (unpaired) electrons. The van der Waals surface area contributed by atoms with Crippen LogP contribution in [0.25, 0.3) is 0 Å². The molecule has 0 saturated heterocycles. The summed E-state index contributed by atoms with van der Waals surface area (Å²) in [7, 11) is 0. The van der Waals surface area contributed by atoms with E-state index in [-0.39, 0.29) is 24.4 Å². The molecule has 0 unspecified atom stereocenters. The monoisotopic (exact) mass is 432 g/mol. The molecule has 1 saturated carbocycles. The Kier molecular flexibility index (Phi) is 8.59. The number of ether oxygens (including phenoxy) is 1. The van der Waals surface area contributed by atoms with E-state index in [2.05, 4.69) is 6.92 Å². The number of benzene rings is 2. The molecule has 3 rings (SSSR count). The maximum atomic E-state index is 14.5. The van der Waals surface area contributed by atoms with E-state index in [9.17, 15) is 13.2 Å². The average Bonchev–Trinajstić information content (AvgIpc) is 2.76. The van der Waals surface area contributed by atoms with Crippen molar-refractivity contribution in [3.8, 4) is 0 Å². The van der Waals surface area contributed by atoms with E-state index < -0.39 is 6.11 Å². The zero-order valence-electron chi connectivity index (χ0n) is 18.8. The summed E-state index contributed by atoms with van der Waals surface area (Å²) < 4.78 is 48.1. The van der Waals surface area contributed by atoms with Crippen molar-refractivity contribution in [2.75, 3.05) is 6.61 Å². The van der Waals surface area contributed by atoms with Gasteiger partial charge in [-0.2, -0.15) is 8.78 Å². The van der Waals surface area contributed by atoms with Crippen LogP contribution in [0.2, 0.25) is 0 Å². The van der Waals surface area contributed by atoms with Crippen LogP contribution in [0.3, 0.4) is 0 Å². The van der Waals surface area contributed by atoms with Gasteiger partial charge < -0.3 is 4.74 Å². The molecule has 2 aromatic carbocycles. The zero-order chi connectivity index (χ0) is 22.3. The van der Waals surface area contributed by atoms with E-state index in [1.54, 1.807) is 6.07 Å². The Morgan fingerprint density at radius 2 is 1.61 bits per heavy atom. The molecule has 0 bridgehead atoms. The Morgan fingerprint density at radius 1 is 0.903 bits per heavy atom. The molecule has 0 aliphatic heterocycles. The Hall–Kier alpha value is -1.81. The third-order valence-corrected chi connectivity index (χ3v) is 6.57. The number of halogens is 3. The number of rotatable bonds is 10. The van der Waals surface area contributed by atoms with Crippen molar-refractivity contribution in [1.82, 2.24) is 0 Å². The highest BCUT2D eigenvalue weighted by Crippen LogP contribution is 2.38. The quantitative estimate of drug-likeness (QED) is 0.368. The van der Waals surface area contributed by atoms with Crippen molar-refractivity contribution in [2.24, 2.45) is 5.92 Å². The standard InChI is InChI=1S/C27H35F3O/c1-3-5-20-7-10-22(11-8-20)23-13-15-25(16-14-23)27(29,30)31-18-17-24-12-9-21(6-4-2)19-26(24)28/h9,12-16,19-20,22H,3-8,10-11,17-18H2,1-2H3/t20-,22-. The first kappa shape index (κ1) is 23.8. The fourth-order valence-corrected chi connectivity index (χ4v) is 4.75. The number of hydrogen-bond donors (Lipinski definition) is 0. The predicted octanol–water partition coefficient (Wildman–Crippen LogP) is 8.16. The Labute approximate surface area is 185 Å². The zero-order valence-corrected chi connectivity index (χ0v) is 18.8. The van der Waals surface area contributed by atoms with E-state index in [1.807, 2.05) is 25.1 Å². The topological polar surface area (TPSA) is 9.23 Å². The second kappa shape index (κ2) is 11.2. The fraction of sp³-hybridized carbons (Fsp3) is 0.556. The minimum Gasteiger partial charge on any atom is -0.316 e. The summed E-state index contributed by atoms with van der Waals surface area (Å²) in [6, 6.07) is 11.6. The van der Waals surface area contributed by atoms with Crippen LogP contribution in [0.1, 0.15) is 87.0 Å². The molecule has 1 aliphatic rings. The molecule has 170 valence electrons. The summed E-state index contributed by atoms with van der Waals surface area (Å²) in [6.07, 6.45) is 5.75. The van der Waals surface area contributed by atoms with Crippen LogP contribution in [0.4, 0.5) is 13.2 Å². The van der Waals surface area contributed by atoms with Gasteiger partial charge >= 0.3 is 6.11 Å². The molecule has 0 amide bonds. The highest BCUT2D eigenvalue weighted by molar-refractivity contribution is 5.28. The van der Waals surface area contributed by atoms with Crippen molar-refractivity contribution >= 4 is 0 Å². The minimum absolute atomic E-state index is 0.118. The largest absolute Gasteiger partial charge is 0.383 e. The third-order valence-electron chi connectivity index (χ3n) is 6.57. The van der Waals surface area contributed by atoms with Gasteiger partial charge in [0.05, 0.1) is 12.2 Å². The summed E-state index contributed by atoms with van der Waals surface area (Å²) in [4.78, 5) is 0. The highest BCUT2D eigenvalue weighted by Gasteiger charge is 2.33. The van der Waals surface area contributed by atoms with Gasteiger partial charge in [0.1, 0.15) is 5.82 Å². The highest BCUT2D eigenvalue weighted by atomic mass is 19.3. The maximum Gasteiger partial charge on any atom is 0.383 e. The number of hydrogen-bond acceptors (Lipinski definition) is 1. The normalized spacial score (nSPS) is 19.5. The molecule has 1 fully saturated rings. The van der Waals surface area contributed by atoms with E-state index in [0.717, 1.165) is 42.7 Å². The van der Waals surface area contributed by atoms with Crippen molar-refractivity contribution in [3.63, 3.8) is 0 Å². The number of aryl methyl sites for hydroxylation is 1. The van der Waals surface area contributed by atoms with Gasteiger partial charge in [-0.15, -0.1) is 0 Å². The van der Waals surface area contributed by atoms with Crippen LogP contribution in [-0.4, -0.2) is 6.61 Å². The van der Waals surface area contributed by atoms with Gasteiger partial charge in [0.25, 0.3) is 0 Å². The van der Waals surface area contributed by atoms with Crippen LogP contribution >= 0.6 is 0 Å². The minimum atomic E-state index is -3.38. The van der Waals surface area contributed by atoms with E-state index in [0.29, 0.717) is 11.5 Å². The van der Waals surface area contributed by atoms with Gasteiger partial charge in [0, 0.05) is 0 Å². The molecule has 1 nitrogen and oxygen atoms in total. The summed E-state index contributed by atoms with van der Waals surface area (Å²) in [5, 5.41) is 0. The lowest BCUT2D eigenvalue weighted by Crippen LogP contribution is -2.20. The van der Waals surface area contributed by atoms with Gasteiger partial charge in [0.2, 0.25) is 0 Å². The van der Waals surface area contributed by atoms with Gasteiger partial charge in [0.15, 0.2) is 0 Å². The van der Waals surface area contributed by atoms with Crippen molar-refractivity contribution in [3.05, 3.63) is 70.5 Å². The molecular weight excluding hydrogens is 397 g/mol. The first-order valence-corrected chi connectivity index (χ1v) is 11.8. The molecule has 4 heteroatoms. The van der Waals surface area contributed by atoms with Gasteiger partial charge in [-0.25, -0.2) is 4.39 Å². The molecule has 2 aromatic rings. The first-order valence-electron chi connectivity index (χ1n) is 11.8. The molecule has 0 N–H and O–H groups in total. The number of alkyl halides is 2. The molecule has 0 atom stereocenters. The van der Waals surface area contributed by atoms with E-state index in [1.165, 1.54) is 43.9 Å². The smallest absolute Gasteiger partial charge is 0.316 e. The second-order valence-corrected chi connectivity index (χ2v) is 8.92. The summed E-state index contributed by atoms with van der Waals surface area (Å²) in [6.45, 7) is 4.03. The average molecular weight is 433 g/mol. The lowest BCUT2D eigenvalue weighted by atomic mass is 9.77. The molecule has 1 aliphatic carbocycles. The van der Waals surface area contributed by atoms with E-state index >= 15 is 0 Å². The molecular formula is C27H35F3O. The van der Waals surface area contributed by atoms with Crippen molar-refractivity contribution in [2.45, 2.75) is 83.7 Å². The first-order chi connectivity index (χ1) is 14.9. The molecule has 0 spiro atoms. The summed E-state index contributed by atoms with van der Waals surface area (Å²) >= 11 is 0. The Bertz CT molecular complexity index is 808. The van der Waals surface area contributed by atoms with Crippen molar-refractivity contribution < 1.29 is 17.9 Å². The van der Waals surface area contributed by atoms with Crippen LogP contribution < -0.4 is 0 Å². The fourth-order valence-electron chi connectivity index (χ4n) is 4.75. The van der Waals surface area contributed by atoms with Gasteiger partial charge in [-0.1, -0.05) is 69.5 Å². The molecule has 0 heterocycles. The van der Waals surface area contributed by atoms with E-state index in [4.69, 9.17) is 4.74 Å². The van der Waals surface area contributed by atoms with Crippen molar-refractivity contribution in [1.29, 1.82) is 0 Å². The Balaban J connectivity index is 1.52. The summed E-state index contributed by atoms with van der Waals surface area (Å²) in [5.41, 5.74) is 2.33. The lowest BCUT2D eigenvalue weighted by molar-refractivity contribution is -0.248. The van der Waals surface area contributed by atoms with Crippen LogP contribution in [-0.2, 0) is 23.7 Å². The van der Waals surface area contributed by atoms with Gasteiger partial charge in [-0.3, -0.25) is 0 Å². The van der Waals surface area contributed by atoms with Crippen LogP contribution in [0.5, 0.6) is 0 Å². The van der Waals surface area contributed by atoms with Crippen LogP contribution in [0.15, 0.2) is 42.5 Å². The van der Waals surface area contributed by atoms with Gasteiger partial charge in [-0.05, 0) is 73.1 Å². The molecule has 31 heavy (non-hydrogen) atoms. The lowest BCUT2D eigenvalue weighted by Gasteiger charge is -2.29. The second-order valence-electron chi connectivity index (χ2n) is 8.92. The maximum absolute atomic E-state index is 14.5. The predicted molar refractivity (Wildman–Crippen MR) is 120 cm³/mol. The SMILES string of the molecule is CCCc1ccc(CCOC(F)(F)c2ccc([C@H]3CC[C@H](CCC)CC3)cc2)c(F)c1. The Morgan fingerprint density at radius 3 is 2.23 bits per heavy atom. The summed E-state index contributed by atoms with van der Waals surface area (Å²) in [5.74, 6) is 0.942. The van der Waals surface area contributed by atoms with Crippen LogP contribution in [0, 0.1) is 11.7 Å². The third kappa shape index (κ3) is 6.58. The molecule has 0 aromatic heterocycles.